The smallest absolute Gasteiger partial charge is 0.135 e. The molecule has 3 heteroatoms. The van der Waals surface area contributed by atoms with Gasteiger partial charge >= 0.3 is 0 Å². The fraction of sp³-hybridized carbons (Fsp3) is 0. The van der Waals surface area contributed by atoms with Crippen molar-refractivity contribution in [2.24, 2.45) is 0 Å². The number of rotatable bonds is 9. The van der Waals surface area contributed by atoms with Gasteiger partial charge in [-0.1, -0.05) is 363 Å². The van der Waals surface area contributed by atoms with Gasteiger partial charge in [-0.05, 0) is 260 Å². The van der Waals surface area contributed by atoms with Crippen molar-refractivity contribution in [3.63, 3.8) is 0 Å². The molecule has 25 rings (SSSR count). The Morgan fingerprint density at radius 2 is 0.380 bits per heavy atom. The van der Waals surface area contributed by atoms with E-state index < -0.39 is 72.5 Å². The number of hydrogen-bond acceptors (Lipinski definition) is 3. The Bertz CT molecular complexity index is 9640. The van der Waals surface area contributed by atoms with Crippen LogP contribution in [0.15, 0.2) is 462 Å². The zero-order valence-corrected chi connectivity index (χ0v) is 64.1. The minimum Gasteiger partial charge on any atom is -0.456 e. The highest BCUT2D eigenvalue weighted by atomic mass is 16.3. The van der Waals surface area contributed by atoms with Crippen LogP contribution in [0.5, 0.6) is 0 Å². The molecular formula is C118H74O3. The predicted octanol–water partition coefficient (Wildman–Crippen LogP) is 33.8. The maximum absolute atomic E-state index is 9.42. The van der Waals surface area contributed by atoms with Gasteiger partial charge in [0.15, 0.2) is 0 Å². The van der Waals surface area contributed by atoms with Crippen molar-refractivity contribution in [2.75, 3.05) is 0 Å². The van der Waals surface area contributed by atoms with E-state index in [-0.39, 0.29) is 137 Å². The van der Waals surface area contributed by atoms with Crippen LogP contribution in [-0.4, -0.2) is 0 Å². The third-order valence-electron chi connectivity index (χ3n) is 22.9. The molecule has 0 radical (unpaired) electrons. The van der Waals surface area contributed by atoms with Gasteiger partial charge in [0.2, 0.25) is 0 Å². The zero-order chi connectivity index (χ0) is 101. The maximum atomic E-state index is 9.42. The van der Waals surface area contributed by atoms with Crippen molar-refractivity contribution >= 4 is 141 Å². The minimum absolute atomic E-state index is 0.169. The number of hydrogen-bond donors (Lipinski definition) is 0. The summed E-state index contributed by atoms with van der Waals surface area (Å²) in [5.41, 5.74) is 14.5. The zero-order valence-electron chi connectivity index (χ0n) is 88.1. The van der Waals surface area contributed by atoms with Crippen LogP contribution >= 0.6 is 0 Å². The Morgan fingerprint density at radius 1 is 0.140 bits per heavy atom. The molecule has 3 aromatic heterocycles. The summed E-state index contributed by atoms with van der Waals surface area (Å²) in [5.74, 6) is 0. The van der Waals surface area contributed by atoms with Crippen LogP contribution in [-0.2, 0) is 0 Å². The third kappa shape index (κ3) is 12.3. The van der Waals surface area contributed by atoms with Gasteiger partial charge < -0.3 is 13.3 Å². The van der Waals surface area contributed by atoms with Crippen LogP contribution in [0.25, 0.3) is 241 Å². The molecule has 25 aromatic rings. The van der Waals surface area contributed by atoms with Crippen molar-refractivity contribution < 1.29 is 46.1 Å². The summed E-state index contributed by atoms with van der Waals surface area (Å²) in [4.78, 5) is 0. The number of benzene rings is 22. The van der Waals surface area contributed by atoms with E-state index in [1.807, 2.05) is 231 Å². The van der Waals surface area contributed by atoms with Crippen molar-refractivity contribution in [3.05, 3.63) is 448 Å². The molecule has 0 spiro atoms. The van der Waals surface area contributed by atoms with Crippen molar-refractivity contribution in [1.29, 1.82) is 0 Å². The molecule has 0 aliphatic rings. The lowest BCUT2D eigenvalue weighted by Crippen LogP contribution is -1.92. The Morgan fingerprint density at radius 3 is 0.711 bits per heavy atom. The molecule has 121 heavy (non-hydrogen) atoms. The first-order valence-corrected chi connectivity index (χ1v) is 39.5. The van der Waals surface area contributed by atoms with Crippen LogP contribution in [0.2, 0.25) is 0 Å². The van der Waals surface area contributed by atoms with Gasteiger partial charge in [-0.2, -0.15) is 0 Å². The first-order valence-electron chi connectivity index (χ1n) is 51.5. The summed E-state index contributed by atoms with van der Waals surface area (Å²) < 4.78 is 234. The Hall–Kier alpha value is -15.9. The summed E-state index contributed by atoms with van der Waals surface area (Å²) in [5, 5.41) is 8.73. The van der Waals surface area contributed by atoms with E-state index in [4.69, 9.17) is 35.2 Å². The number of furan rings is 3. The largest absolute Gasteiger partial charge is 0.456 e. The molecule has 0 N–H and O–H groups in total. The van der Waals surface area contributed by atoms with Gasteiger partial charge in [-0.3, -0.25) is 0 Å². The van der Waals surface area contributed by atoms with Gasteiger partial charge in [0.1, 0.15) is 33.5 Å². The van der Waals surface area contributed by atoms with E-state index in [0.29, 0.717) is 100 Å². The highest BCUT2D eigenvalue weighted by molar-refractivity contribution is 6.27. The molecule has 22 aromatic carbocycles. The SMILES string of the molecule is [2H]c1c([2H])c([2H])c2c(-c3cc(-c4ccccc4)cc4ccccc34)c3c([2H])c([2H])c([2H])c([2H])c3c(-c3ccc4oc5ccccc5c4c3)c2c1[2H].[2H]c1c([2H])c([2H])c2c(-c3ccc4oc5ccccc5c4c3)c3c([2H])c([2H])c([2H])c([2H])c3c(-c3cc(-c4ccccc4)cc(-c4ccccc4)c3)c2c1[2H].[2H]c1c([2H])c([2H])c2c(-c3ccc4oc5ccccc5c4c3)c3c([2H])c([2H])c([2H])c([2H])c3c(-c3ccccc3)c2c1[2H]. The van der Waals surface area contributed by atoms with E-state index in [1.54, 1.807) is 60.7 Å². The average molecular weight is 1560 g/mol. The normalized spacial score (nSPS) is 14.4. The molecule has 0 saturated carbocycles. The average Bonchev–Trinajstić information content (AvgIpc) is 1.25. The lowest BCUT2D eigenvalue weighted by molar-refractivity contribution is 0.668. The van der Waals surface area contributed by atoms with Crippen molar-refractivity contribution in [1.82, 2.24) is 0 Å². The summed E-state index contributed by atoms with van der Waals surface area (Å²) in [6.45, 7) is 0. The van der Waals surface area contributed by atoms with Crippen molar-refractivity contribution in [2.45, 2.75) is 0 Å². The molecule has 3 heterocycles. The molecule has 0 fully saturated rings. The predicted molar refractivity (Wildman–Crippen MR) is 513 cm³/mol. The fourth-order valence-electron chi connectivity index (χ4n) is 17.5. The summed E-state index contributed by atoms with van der Waals surface area (Å²) in [6, 6.07) is 86.4. The van der Waals surface area contributed by atoms with Crippen LogP contribution in [0.4, 0.5) is 0 Å². The van der Waals surface area contributed by atoms with Gasteiger partial charge in [-0.15, -0.1) is 0 Å². The number of fused-ring (bicyclic) bond motifs is 16. The molecule has 0 bridgehead atoms. The van der Waals surface area contributed by atoms with Crippen LogP contribution in [0, 0.1) is 0 Å². The molecular weight excluding hydrogens is 1470 g/mol. The highest BCUT2D eigenvalue weighted by Crippen LogP contribution is 2.51. The molecule has 0 aliphatic heterocycles. The molecule has 3 nitrogen and oxygen atoms in total. The van der Waals surface area contributed by atoms with Crippen LogP contribution < -0.4 is 0 Å². The topological polar surface area (TPSA) is 39.4 Å². The fourth-order valence-corrected chi connectivity index (χ4v) is 17.5. The van der Waals surface area contributed by atoms with E-state index in [2.05, 4.69) is 12.1 Å². The van der Waals surface area contributed by atoms with E-state index in [0.717, 1.165) is 76.5 Å². The van der Waals surface area contributed by atoms with Crippen molar-refractivity contribution in [3.8, 4) is 100 Å². The lowest BCUT2D eigenvalue weighted by Gasteiger charge is -2.19. The van der Waals surface area contributed by atoms with Gasteiger partial charge in [0.25, 0.3) is 0 Å². The summed E-state index contributed by atoms with van der Waals surface area (Å²) >= 11 is 0. The maximum Gasteiger partial charge on any atom is 0.135 e. The van der Waals surface area contributed by atoms with Crippen LogP contribution in [0.3, 0.4) is 0 Å². The Labute approximate surface area is 732 Å². The molecule has 564 valence electrons. The van der Waals surface area contributed by atoms with Gasteiger partial charge in [0, 0.05) is 32.3 Å². The van der Waals surface area contributed by atoms with Gasteiger partial charge in [0.05, 0.1) is 32.9 Å². The second-order valence-corrected chi connectivity index (χ2v) is 29.7. The van der Waals surface area contributed by atoms with Gasteiger partial charge in [-0.25, -0.2) is 0 Å². The number of para-hydroxylation sites is 3. The molecule has 0 unspecified atom stereocenters. The standard InChI is InChI=1S/C44H28O.C42H26O.C32H20O/c1-3-13-29(14-4-1)32-25-33(30-15-5-2-6-16-30)27-34(26-32)44-38-20-9-7-18-36(38)43(37-19-8-10-21-39(37)44)31-23-24-42-40(28-31)35-17-11-12-22-41(35)45-42;1-2-12-27(13-3-1)30-24-28-14-4-5-15-31(28)38(26-30)42-35-19-8-6-17-33(35)41(34-18-7-9-20-36(34)42)29-22-23-40-37(25-29)32-16-10-11-21-39(32)43-40;1-2-10-21(11-3-1)31-24-13-4-6-15-26(24)32(27-16-7-5-14-25(27)31)22-18-19-30-28(20-22)23-12-8-9-17-29(23)33-30/h1-28H;1-26H;1-20H/i7D,8D,9D,10D,18D,19D,20D,21D;6D,7D,8D,9D,17D,18D,19D,20D;4D,5D,6D,7D,13D,14D,15D,16D. The Kier molecular flexibility index (Phi) is 12.2. The molecule has 0 amide bonds. The third-order valence-corrected chi connectivity index (χ3v) is 22.9. The molecule has 0 aliphatic carbocycles. The first kappa shape index (κ1) is 49.9. The molecule has 0 saturated heterocycles. The summed E-state index contributed by atoms with van der Waals surface area (Å²) in [6.07, 6.45) is 0. The second-order valence-electron chi connectivity index (χ2n) is 29.7. The monoisotopic (exact) mass is 1560 g/mol. The van der Waals surface area contributed by atoms with E-state index in [9.17, 15) is 11.0 Å². The highest BCUT2D eigenvalue weighted by Gasteiger charge is 2.24. The Balaban J connectivity index is 0.000000121. The second kappa shape index (κ2) is 29.7. The minimum atomic E-state index is -0.437. The van der Waals surface area contributed by atoms with E-state index >= 15 is 0 Å². The summed E-state index contributed by atoms with van der Waals surface area (Å²) in [7, 11) is 0. The van der Waals surface area contributed by atoms with E-state index in [1.165, 1.54) is 0 Å². The molecule has 0 atom stereocenters. The quantitative estimate of drug-likeness (QED) is 0.135. The first-order chi connectivity index (χ1) is 70.0. The van der Waals surface area contributed by atoms with Crippen LogP contribution in [0.1, 0.15) is 32.9 Å². The lowest BCUT2D eigenvalue weighted by atomic mass is 9.83.